The van der Waals surface area contributed by atoms with Gasteiger partial charge in [-0.25, -0.2) is 0 Å². The van der Waals surface area contributed by atoms with Crippen LogP contribution in [0.2, 0.25) is 0 Å². The maximum Gasteiger partial charge on any atom is 0.264 e. The molecule has 0 aliphatic carbocycles. The van der Waals surface area contributed by atoms with Crippen molar-refractivity contribution in [2.75, 3.05) is 66.6 Å². The summed E-state index contributed by atoms with van der Waals surface area (Å²) >= 11 is 1.42. The van der Waals surface area contributed by atoms with Crippen molar-refractivity contribution in [3.63, 3.8) is 0 Å². The summed E-state index contributed by atoms with van der Waals surface area (Å²) < 4.78 is 12.6. The van der Waals surface area contributed by atoms with Crippen molar-refractivity contribution in [1.29, 1.82) is 0 Å². The highest BCUT2D eigenvalue weighted by Crippen LogP contribution is 2.36. The van der Waals surface area contributed by atoms with Gasteiger partial charge in [0.25, 0.3) is 11.8 Å². The summed E-state index contributed by atoms with van der Waals surface area (Å²) in [5.41, 5.74) is 1.39. The minimum atomic E-state index is -0.0842. The van der Waals surface area contributed by atoms with E-state index in [4.69, 9.17) is 9.47 Å². The summed E-state index contributed by atoms with van der Waals surface area (Å²) in [6, 6.07) is 15.6. The monoisotopic (exact) mass is 573 g/mol. The van der Waals surface area contributed by atoms with Crippen molar-refractivity contribution >= 4 is 44.1 Å². The van der Waals surface area contributed by atoms with Gasteiger partial charge in [-0.15, -0.1) is 11.3 Å². The van der Waals surface area contributed by atoms with Crippen LogP contribution in [0, 0.1) is 0 Å². The molecule has 0 unspecified atom stereocenters. The molecule has 2 aliphatic heterocycles. The van der Waals surface area contributed by atoms with Gasteiger partial charge in [-0.3, -0.25) is 19.5 Å². The van der Waals surface area contributed by atoms with Crippen molar-refractivity contribution in [2.45, 2.75) is 12.5 Å². The predicted molar refractivity (Wildman–Crippen MR) is 161 cm³/mol. The Morgan fingerprint density at radius 3 is 2.78 bits per heavy atom. The summed E-state index contributed by atoms with van der Waals surface area (Å²) in [6.07, 6.45) is 2.69. The summed E-state index contributed by atoms with van der Waals surface area (Å²) in [7, 11) is 4.11. The molecule has 214 valence electrons. The van der Waals surface area contributed by atoms with Crippen LogP contribution in [0.15, 0.2) is 54.7 Å². The molecule has 2 aromatic carbocycles. The number of fused-ring (bicyclic) bond motifs is 2. The van der Waals surface area contributed by atoms with Gasteiger partial charge >= 0.3 is 0 Å². The van der Waals surface area contributed by atoms with Crippen LogP contribution in [-0.4, -0.2) is 104 Å². The van der Waals surface area contributed by atoms with E-state index in [0.29, 0.717) is 34.5 Å². The van der Waals surface area contributed by atoms with E-state index in [1.54, 1.807) is 6.20 Å². The molecule has 41 heavy (non-hydrogen) atoms. The van der Waals surface area contributed by atoms with E-state index in [1.807, 2.05) is 53.4 Å². The Morgan fingerprint density at radius 2 is 1.98 bits per heavy atom. The maximum absolute atomic E-state index is 13.2. The lowest BCUT2D eigenvalue weighted by Gasteiger charge is -2.26. The lowest BCUT2D eigenvalue weighted by molar-refractivity contribution is 0.0383. The molecule has 2 saturated heterocycles. The normalized spacial score (nSPS) is 17.9. The Bertz CT molecular complexity index is 1560. The average Bonchev–Trinajstić information content (AvgIpc) is 3.66. The van der Waals surface area contributed by atoms with E-state index < -0.39 is 0 Å². The SMILES string of the molecule is CN(C)[C@@H]1CCN(C(=O)c2cc3nccc(Oc4ccc5c(C(=O)NCCN6CCOCC6)cccc5c4)c3s2)C1. The van der Waals surface area contributed by atoms with Crippen LogP contribution >= 0.6 is 11.3 Å². The van der Waals surface area contributed by atoms with Crippen molar-refractivity contribution < 1.29 is 19.1 Å². The number of likely N-dealkylation sites (N-methyl/N-ethyl adjacent to an activating group) is 1. The number of nitrogens with zero attached hydrogens (tertiary/aromatic N) is 4. The van der Waals surface area contributed by atoms with Gasteiger partial charge in [-0.2, -0.15) is 0 Å². The molecule has 0 bridgehead atoms. The van der Waals surface area contributed by atoms with Crippen LogP contribution < -0.4 is 10.1 Å². The predicted octanol–water partition coefficient (Wildman–Crippen LogP) is 4.08. The molecule has 2 fully saturated rings. The summed E-state index contributed by atoms with van der Waals surface area (Å²) in [6.45, 7) is 6.18. The zero-order chi connectivity index (χ0) is 28.3. The third kappa shape index (κ3) is 6.06. The molecule has 6 rings (SSSR count). The quantitative estimate of drug-likeness (QED) is 0.340. The highest BCUT2D eigenvalue weighted by molar-refractivity contribution is 7.21. The number of nitrogens with one attached hydrogen (secondary N) is 1. The second kappa shape index (κ2) is 12.1. The first-order chi connectivity index (χ1) is 20.0. The number of rotatable bonds is 8. The number of aromatic nitrogens is 1. The number of amides is 2. The number of pyridine rings is 1. The largest absolute Gasteiger partial charge is 0.456 e. The molecule has 2 amide bonds. The van der Waals surface area contributed by atoms with Crippen LogP contribution in [-0.2, 0) is 4.74 Å². The number of carbonyl (C=O) groups is 2. The highest BCUT2D eigenvalue weighted by Gasteiger charge is 2.29. The van der Waals surface area contributed by atoms with Crippen LogP contribution in [0.4, 0.5) is 0 Å². The van der Waals surface area contributed by atoms with Gasteiger partial charge in [0, 0.05) is 63.1 Å². The van der Waals surface area contributed by atoms with Crippen LogP contribution in [0.25, 0.3) is 21.0 Å². The number of likely N-dealkylation sites (tertiary alicyclic amines) is 1. The second-order valence-corrected chi connectivity index (χ2v) is 11.8. The minimum Gasteiger partial charge on any atom is -0.456 e. The fourth-order valence-electron chi connectivity index (χ4n) is 5.50. The Balaban J connectivity index is 1.16. The number of benzene rings is 2. The summed E-state index contributed by atoms with van der Waals surface area (Å²) in [5.74, 6) is 1.27. The molecule has 2 aromatic heterocycles. The molecule has 1 atom stereocenters. The maximum atomic E-state index is 13.2. The first-order valence-corrected chi connectivity index (χ1v) is 14.9. The second-order valence-electron chi connectivity index (χ2n) is 10.8. The van der Waals surface area contributed by atoms with Gasteiger partial charge in [0.2, 0.25) is 0 Å². The first kappa shape index (κ1) is 27.6. The smallest absolute Gasteiger partial charge is 0.264 e. The number of morpholine rings is 1. The van der Waals surface area contributed by atoms with E-state index in [-0.39, 0.29) is 11.8 Å². The van der Waals surface area contributed by atoms with Gasteiger partial charge in [0.15, 0.2) is 0 Å². The van der Waals surface area contributed by atoms with Gasteiger partial charge in [-0.1, -0.05) is 12.1 Å². The number of thiophene rings is 1. The zero-order valence-electron chi connectivity index (χ0n) is 23.5. The molecule has 0 spiro atoms. The third-order valence-corrected chi connectivity index (χ3v) is 9.04. The molecular formula is C31H35N5O4S. The van der Waals surface area contributed by atoms with Gasteiger partial charge in [-0.05, 0) is 61.6 Å². The molecule has 4 aromatic rings. The Kier molecular flexibility index (Phi) is 8.16. The molecule has 10 heteroatoms. The van der Waals surface area contributed by atoms with Crippen molar-refractivity contribution in [2.24, 2.45) is 0 Å². The minimum absolute atomic E-state index is 0.0461. The first-order valence-electron chi connectivity index (χ1n) is 14.1. The topological polar surface area (TPSA) is 87.2 Å². The molecule has 1 N–H and O–H groups in total. The Labute approximate surface area is 243 Å². The van der Waals surface area contributed by atoms with E-state index in [2.05, 4.69) is 34.2 Å². The zero-order valence-corrected chi connectivity index (χ0v) is 24.3. The fourth-order valence-corrected chi connectivity index (χ4v) is 6.54. The van der Waals surface area contributed by atoms with Crippen LogP contribution in [0.1, 0.15) is 26.5 Å². The van der Waals surface area contributed by atoms with Crippen molar-refractivity contribution in [1.82, 2.24) is 25.0 Å². The number of carbonyl (C=O) groups excluding carboxylic acids is 2. The van der Waals surface area contributed by atoms with Crippen LogP contribution in [0.5, 0.6) is 11.5 Å². The van der Waals surface area contributed by atoms with Crippen LogP contribution in [0.3, 0.4) is 0 Å². The molecular weight excluding hydrogens is 538 g/mol. The number of ether oxygens (including phenoxy) is 2. The fraction of sp³-hybridized carbons (Fsp3) is 0.387. The summed E-state index contributed by atoms with van der Waals surface area (Å²) in [4.78, 5) is 37.8. The summed E-state index contributed by atoms with van der Waals surface area (Å²) in [5, 5.41) is 4.85. The van der Waals surface area contributed by atoms with E-state index in [0.717, 1.165) is 73.3 Å². The van der Waals surface area contributed by atoms with E-state index in [1.165, 1.54) is 11.3 Å². The third-order valence-electron chi connectivity index (χ3n) is 7.91. The number of hydrogen-bond donors (Lipinski definition) is 1. The van der Waals surface area contributed by atoms with Gasteiger partial charge in [0.05, 0.1) is 28.3 Å². The average molecular weight is 574 g/mol. The molecule has 0 saturated carbocycles. The Hall–Kier alpha value is -3.57. The van der Waals surface area contributed by atoms with Gasteiger partial charge < -0.3 is 24.6 Å². The lowest BCUT2D eigenvalue weighted by Crippen LogP contribution is -2.41. The van der Waals surface area contributed by atoms with E-state index in [9.17, 15) is 9.59 Å². The highest BCUT2D eigenvalue weighted by atomic mass is 32.1. The standard InChI is InChI=1S/C31H35N5O4S/c1-34(2)22-9-12-36(20-22)31(38)28-19-26-29(41-28)27(8-10-32-26)40-23-6-7-24-21(18-23)4-3-5-25(24)30(37)33-11-13-35-14-16-39-17-15-35/h3-8,10,18-19,22H,9,11-17,20H2,1-2H3,(H,33,37)/t22-/m1/s1. The van der Waals surface area contributed by atoms with Crippen molar-refractivity contribution in [3.05, 3.63) is 65.2 Å². The van der Waals surface area contributed by atoms with Gasteiger partial charge in [0.1, 0.15) is 11.5 Å². The van der Waals surface area contributed by atoms with Crippen molar-refractivity contribution in [3.8, 4) is 11.5 Å². The molecule has 9 nitrogen and oxygen atoms in total. The molecule has 0 radical (unpaired) electrons. The molecule has 2 aliphatic rings. The lowest BCUT2D eigenvalue weighted by atomic mass is 10.0. The van der Waals surface area contributed by atoms with E-state index >= 15 is 0 Å². The molecule has 4 heterocycles. The number of hydrogen-bond acceptors (Lipinski definition) is 8. The Morgan fingerprint density at radius 1 is 1.12 bits per heavy atom.